The van der Waals surface area contributed by atoms with Gasteiger partial charge in [0, 0.05) is 23.4 Å². The SMILES string of the molecule is CN1C(=O)c2cccc(NC(=O)CCCSc3ccc(Cl)cc3)c2C1=O. The van der Waals surface area contributed by atoms with Crippen molar-refractivity contribution in [3.63, 3.8) is 0 Å². The minimum atomic E-state index is -0.390. The number of imide groups is 1. The highest BCUT2D eigenvalue weighted by Crippen LogP contribution is 2.28. The number of halogens is 1. The number of nitrogens with zero attached hydrogens (tertiary/aromatic N) is 1. The molecule has 7 heteroatoms. The topological polar surface area (TPSA) is 66.5 Å². The Labute approximate surface area is 160 Å². The third-order valence-corrected chi connectivity index (χ3v) is 5.37. The first-order valence-corrected chi connectivity index (χ1v) is 9.47. The second kappa shape index (κ2) is 7.93. The van der Waals surface area contributed by atoms with Gasteiger partial charge < -0.3 is 5.32 Å². The maximum atomic E-state index is 12.2. The Morgan fingerprint density at radius 1 is 1.12 bits per heavy atom. The zero-order valence-electron chi connectivity index (χ0n) is 14.1. The van der Waals surface area contributed by atoms with Crippen LogP contribution in [0.1, 0.15) is 33.6 Å². The van der Waals surface area contributed by atoms with Crippen molar-refractivity contribution in [2.75, 3.05) is 18.1 Å². The lowest BCUT2D eigenvalue weighted by Crippen LogP contribution is -2.24. The van der Waals surface area contributed by atoms with Gasteiger partial charge in [0.2, 0.25) is 5.91 Å². The Bertz CT molecular complexity index is 868. The summed E-state index contributed by atoms with van der Waals surface area (Å²) in [6, 6.07) is 12.5. The first-order valence-electron chi connectivity index (χ1n) is 8.11. The summed E-state index contributed by atoms with van der Waals surface area (Å²) in [5, 5.41) is 3.45. The number of carbonyl (C=O) groups excluding carboxylic acids is 3. The maximum absolute atomic E-state index is 12.2. The van der Waals surface area contributed by atoms with Gasteiger partial charge in [0.1, 0.15) is 0 Å². The number of hydrogen-bond donors (Lipinski definition) is 1. The summed E-state index contributed by atoms with van der Waals surface area (Å²) >= 11 is 7.50. The molecule has 0 saturated heterocycles. The molecule has 0 unspecified atom stereocenters. The van der Waals surface area contributed by atoms with E-state index in [1.807, 2.05) is 24.3 Å². The molecule has 0 aliphatic carbocycles. The van der Waals surface area contributed by atoms with Crippen molar-refractivity contribution >= 4 is 46.8 Å². The molecule has 0 spiro atoms. The molecule has 2 aromatic rings. The van der Waals surface area contributed by atoms with E-state index in [9.17, 15) is 14.4 Å². The number of rotatable bonds is 6. The van der Waals surface area contributed by atoms with Crippen LogP contribution in [0.15, 0.2) is 47.4 Å². The van der Waals surface area contributed by atoms with E-state index in [0.717, 1.165) is 15.5 Å². The molecule has 0 radical (unpaired) electrons. The molecule has 5 nitrogen and oxygen atoms in total. The fraction of sp³-hybridized carbons (Fsp3) is 0.211. The summed E-state index contributed by atoms with van der Waals surface area (Å²) in [6.45, 7) is 0. The Morgan fingerprint density at radius 3 is 2.58 bits per heavy atom. The number of hydrogen-bond acceptors (Lipinski definition) is 4. The second-order valence-electron chi connectivity index (χ2n) is 5.85. The lowest BCUT2D eigenvalue weighted by Gasteiger charge is -2.09. The molecule has 0 aromatic heterocycles. The van der Waals surface area contributed by atoms with Crippen molar-refractivity contribution in [1.29, 1.82) is 0 Å². The third-order valence-electron chi connectivity index (χ3n) is 4.02. The minimum absolute atomic E-state index is 0.176. The van der Waals surface area contributed by atoms with Crippen LogP contribution in [0.5, 0.6) is 0 Å². The molecule has 134 valence electrons. The molecule has 2 aromatic carbocycles. The zero-order chi connectivity index (χ0) is 18.7. The van der Waals surface area contributed by atoms with Crippen LogP contribution < -0.4 is 5.32 Å². The van der Waals surface area contributed by atoms with Gasteiger partial charge in [0.05, 0.1) is 16.8 Å². The Balaban J connectivity index is 1.54. The predicted octanol–water partition coefficient (Wildman–Crippen LogP) is 4.08. The van der Waals surface area contributed by atoms with Crippen LogP contribution in [0, 0.1) is 0 Å². The second-order valence-corrected chi connectivity index (χ2v) is 7.46. The first-order chi connectivity index (χ1) is 12.5. The van der Waals surface area contributed by atoms with Crippen molar-refractivity contribution in [3.8, 4) is 0 Å². The molecular weight excluding hydrogens is 372 g/mol. The Morgan fingerprint density at radius 2 is 1.85 bits per heavy atom. The fourth-order valence-electron chi connectivity index (χ4n) is 2.67. The highest BCUT2D eigenvalue weighted by molar-refractivity contribution is 7.99. The van der Waals surface area contributed by atoms with E-state index in [4.69, 9.17) is 11.6 Å². The molecule has 0 bridgehead atoms. The van der Waals surface area contributed by atoms with Crippen molar-refractivity contribution in [1.82, 2.24) is 4.90 Å². The predicted molar refractivity (Wildman–Crippen MR) is 103 cm³/mol. The minimum Gasteiger partial charge on any atom is -0.325 e. The Kier molecular flexibility index (Phi) is 5.64. The molecule has 1 aliphatic rings. The average Bonchev–Trinajstić information content (AvgIpc) is 2.85. The number of thioether (sulfide) groups is 1. The summed E-state index contributed by atoms with van der Waals surface area (Å²) < 4.78 is 0. The van der Waals surface area contributed by atoms with Gasteiger partial charge in [-0.05, 0) is 48.6 Å². The number of benzene rings is 2. The van der Waals surface area contributed by atoms with Gasteiger partial charge in [-0.1, -0.05) is 17.7 Å². The van der Waals surface area contributed by atoms with Gasteiger partial charge in [-0.25, -0.2) is 0 Å². The summed E-state index contributed by atoms with van der Waals surface area (Å²) in [7, 11) is 1.43. The average molecular weight is 389 g/mol. The van der Waals surface area contributed by atoms with Crippen molar-refractivity contribution in [2.24, 2.45) is 0 Å². The number of amides is 3. The molecule has 3 rings (SSSR count). The normalized spacial score (nSPS) is 13.1. The van der Waals surface area contributed by atoms with Gasteiger partial charge in [-0.3, -0.25) is 19.3 Å². The van der Waals surface area contributed by atoms with Crippen LogP contribution in [-0.4, -0.2) is 35.4 Å². The summed E-state index contributed by atoms with van der Waals surface area (Å²) in [4.78, 5) is 38.5. The zero-order valence-corrected chi connectivity index (χ0v) is 15.7. The van der Waals surface area contributed by atoms with Crippen LogP contribution in [0.2, 0.25) is 5.02 Å². The third kappa shape index (κ3) is 3.92. The van der Waals surface area contributed by atoms with Crippen LogP contribution in [0.25, 0.3) is 0 Å². The molecule has 3 amide bonds. The van der Waals surface area contributed by atoms with Gasteiger partial charge in [0.15, 0.2) is 0 Å². The van der Waals surface area contributed by atoms with E-state index in [0.29, 0.717) is 29.1 Å². The lowest BCUT2D eigenvalue weighted by molar-refractivity contribution is -0.116. The van der Waals surface area contributed by atoms with Crippen molar-refractivity contribution in [3.05, 3.63) is 58.6 Å². The number of nitrogens with one attached hydrogen (secondary N) is 1. The van der Waals surface area contributed by atoms with Crippen LogP contribution in [-0.2, 0) is 4.79 Å². The van der Waals surface area contributed by atoms with Crippen molar-refractivity contribution in [2.45, 2.75) is 17.7 Å². The molecule has 0 saturated carbocycles. The van der Waals surface area contributed by atoms with Crippen LogP contribution in [0.3, 0.4) is 0 Å². The van der Waals surface area contributed by atoms with E-state index in [1.165, 1.54) is 7.05 Å². The highest BCUT2D eigenvalue weighted by Gasteiger charge is 2.35. The van der Waals surface area contributed by atoms with E-state index < -0.39 is 0 Å². The summed E-state index contributed by atoms with van der Waals surface area (Å²) in [5.74, 6) is -0.119. The molecular formula is C19H17ClN2O3S. The Hall–Kier alpha value is -2.31. The summed E-state index contributed by atoms with van der Waals surface area (Å²) in [6.07, 6.45) is 1.03. The van der Waals surface area contributed by atoms with E-state index in [-0.39, 0.29) is 23.3 Å². The van der Waals surface area contributed by atoms with Crippen molar-refractivity contribution < 1.29 is 14.4 Å². The molecule has 1 heterocycles. The van der Waals surface area contributed by atoms with E-state index in [1.54, 1.807) is 30.0 Å². The standard InChI is InChI=1S/C19H17ClN2O3S/c1-22-18(24)14-4-2-5-15(17(14)19(22)25)21-16(23)6-3-11-26-13-9-7-12(20)8-10-13/h2,4-5,7-10H,3,6,11H2,1H3,(H,21,23). The monoisotopic (exact) mass is 388 g/mol. The quantitative estimate of drug-likeness (QED) is 0.460. The van der Waals surface area contributed by atoms with Gasteiger partial charge in [0.25, 0.3) is 11.8 Å². The first kappa shape index (κ1) is 18.5. The smallest absolute Gasteiger partial charge is 0.263 e. The molecule has 1 aliphatic heterocycles. The number of anilines is 1. The number of fused-ring (bicyclic) bond motifs is 1. The largest absolute Gasteiger partial charge is 0.325 e. The van der Waals surface area contributed by atoms with Crippen LogP contribution >= 0.6 is 23.4 Å². The van der Waals surface area contributed by atoms with Gasteiger partial charge >= 0.3 is 0 Å². The van der Waals surface area contributed by atoms with Gasteiger partial charge in [-0.2, -0.15) is 0 Å². The highest BCUT2D eigenvalue weighted by atomic mass is 35.5. The summed E-state index contributed by atoms with van der Waals surface area (Å²) in [5.41, 5.74) is 0.984. The van der Waals surface area contributed by atoms with E-state index in [2.05, 4.69) is 5.32 Å². The van der Waals surface area contributed by atoms with Crippen LogP contribution in [0.4, 0.5) is 5.69 Å². The molecule has 1 N–H and O–H groups in total. The van der Waals surface area contributed by atoms with E-state index >= 15 is 0 Å². The van der Waals surface area contributed by atoms with Gasteiger partial charge in [-0.15, -0.1) is 11.8 Å². The molecule has 26 heavy (non-hydrogen) atoms. The number of carbonyl (C=O) groups is 3. The fourth-order valence-corrected chi connectivity index (χ4v) is 3.65. The molecule has 0 atom stereocenters. The maximum Gasteiger partial charge on any atom is 0.263 e. The lowest BCUT2D eigenvalue weighted by atomic mass is 10.1. The molecule has 0 fully saturated rings.